The molecule has 3 N–H and O–H groups in total. The quantitative estimate of drug-likeness (QED) is 0.776. The molecule has 16 heavy (non-hydrogen) atoms. The summed E-state index contributed by atoms with van der Waals surface area (Å²) in [7, 11) is 0. The summed E-state index contributed by atoms with van der Waals surface area (Å²) in [5.74, 6) is 1.66. The highest BCUT2D eigenvalue weighted by molar-refractivity contribution is 5.29. The first-order valence-corrected chi connectivity index (χ1v) is 4.99. The number of H-pyrrole nitrogens is 1. The van der Waals surface area contributed by atoms with Gasteiger partial charge in [-0.15, -0.1) is 5.10 Å². The average molecular weight is 219 g/mol. The molecule has 0 unspecified atom stereocenters. The molecule has 0 aliphatic carbocycles. The topological polar surface area (TPSA) is 89.6 Å². The molecule has 0 aromatic carbocycles. The fourth-order valence-electron chi connectivity index (χ4n) is 1.32. The minimum absolute atomic E-state index is 0.153. The zero-order chi connectivity index (χ0) is 11.7. The summed E-state index contributed by atoms with van der Waals surface area (Å²) in [4.78, 5) is 18.4. The first kappa shape index (κ1) is 10.4. The molecule has 0 aliphatic heterocycles. The van der Waals surface area contributed by atoms with Crippen LogP contribution in [-0.4, -0.2) is 19.7 Å². The fourth-order valence-corrected chi connectivity index (χ4v) is 1.32. The van der Waals surface area contributed by atoms with Crippen molar-refractivity contribution in [1.29, 1.82) is 0 Å². The van der Waals surface area contributed by atoms with Gasteiger partial charge in [-0.25, -0.2) is 9.67 Å². The lowest BCUT2D eigenvalue weighted by Crippen LogP contribution is -2.15. The first-order chi connectivity index (χ1) is 7.56. The number of nitrogen functional groups attached to an aromatic ring is 1. The Balaban J connectivity index is 2.53. The number of aromatic amines is 1. The van der Waals surface area contributed by atoms with Crippen LogP contribution in [0.15, 0.2) is 23.1 Å². The minimum atomic E-state index is -0.192. The Morgan fingerprint density at radius 1 is 1.50 bits per heavy atom. The summed E-state index contributed by atoms with van der Waals surface area (Å²) in [5, 5.41) is 4.00. The van der Waals surface area contributed by atoms with E-state index < -0.39 is 0 Å². The lowest BCUT2D eigenvalue weighted by atomic mass is 10.2. The maximum atomic E-state index is 11.4. The number of nitrogens with zero attached hydrogens (tertiary/aromatic N) is 3. The third-order valence-electron chi connectivity index (χ3n) is 2.14. The number of nitrogens with two attached hydrogens (primary N) is 1. The summed E-state index contributed by atoms with van der Waals surface area (Å²) in [6.07, 6.45) is 1.67. The van der Waals surface area contributed by atoms with Crippen LogP contribution >= 0.6 is 0 Å². The second-order valence-electron chi connectivity index (χ2n) is 3.83. The second-order valence-corrected chi connectivity index (χ2v) is 3.83. The van der Waals surface area contributed by atoms with Crippen LogP contribution in [0.4, 0.5) is 5.82 Å². The van der Waals surface area contributed by atoms with Crippen LogP contribution in [0.3, 0.4) is 0 Å². The monoisotopic (exact) mass is 219 g/mol. The van der Waals surface area contributed by atoms with E-state index in [1.807, 2.05) is 13.8 Å². The zero-order valence-electron chi connectivity index (χ0n) is 9.14. The van der Waals surface area contributed by atoms with Crippen LogP contribution in [-0.2, 0) is 0 Å². The molecule has 2 heterocycles. The van der Waals surface area contributed by atoms with E-state index in [2.05, 4.69) is 15.1 Å². The summed E-state index contributed by atoms with van der Waals surface area (Å²) in [6, 6.07) is 3.04. The standard InChI is InChI=1S/C10H13N5O/c1-6(2)10-12-8(5-9(16)13-10)15-4-3-7(11)14-15/h3-6H,1-2H3,(H2,11,14)(H,12,13,16). The van der Waals surface area contributed by atoms with Crippen molar-refractivity contribution in [2.45, 2.75) is 19.8 Å². The molecule has 0 fully saturated rings. The van der Waals surface area contributed by atoms with Gasteiger partial charge in [0.1, 0.15) is 11.6 Å². The molecule has 6 nitrogen and oxygen atoms in total. The molecule has 0 radical (unpaired) electrons. The Bertz CT molecular complexity index is 554. The molecule has 6 heteroatoms. The normalized spacial score (nSPS) is 10.9. The molecule has 0 bridgehead atoms. The summed E-state index contributed by atoms with van der Waals surface area (Å²) < 4.78 is 1.48. The number of hydrogen-bond donors (Lipinski definition) is 2. The van der Waals surface area contributed by atoms with Gasteiger partial charge in [0, 0.05) is 24.2 Å². The maximum absolute atomic E-state index is 11.4. The molecule has 2 rings (SSSR count). The van der Waals surface area contributed by atoms with E-state index in [4.69, 9.17) is 5.73 Å². The molecule has 0 saturated carbocycles. The van der Waals surface area contributed by atoms with Crippen molar-refractivity contribution in [1.82, 2.24) is 19.7 Å². The van der Waals surface area contributed by atoms with Crippen LogP contribution in [0.25, 0.3) is 5.82 Å². The number of nitrogens with one attached hydrogen (secondary N) is 1. The Hall–Kier alpha value is -2.11. The van der Waals surface area contributed by atoms with Crippen LogP contribution in [0.2, 0.25) is 0 Å². The smallest absolute Gasteiger partial charge is 0.253 e. The molecule has 0 saturated heterocycles. The van der Waals surface area contributed by atoms with Crippen LogP contribution in [0.1, 0.15) is 25.6 Å². The Morgan fingerprint density at radius 3 is 2.81 bits per heavy atom. The van der Waals surface area contributed by atoms with Gasteiger partial charge in [0.15, 0.2) is 5.82 Å². The molecule has 84 valence electrons. The molecule has 2 aromatic rings. The van der Waals surface area contributed by atoms with Crippen molar-refractivity contribution in [3.8, 4) is 5.82 Å². The predicted octanol–water partition coefficient (Wildman–Crippen LogP) is 0.661. The highest BCUT2D eigenvalue weighted by atomic mass is 16.1. The van der Waals surface area contributed by atoms with Gasteiger partial charge in [-0.2, -0.15) is 0 Å². The van der Waals surface area contributed by atoms with Gasteiger partial charge in [0.25, 0.3) is 5.56 Å². The van der Waals surface area contributed by atoms with Gasteiger partial charge >= 0.3 is 0 Å². The molecule has 0 aliphatic rings. The third kappa shape index (κ3) is 1.95. The van der Waals surface area contributed by atoms with Gasteiger partial charge < -0.3 is 10.7 Å². The van der Waals surface area contributed by atoms with Gasteiger partial charge in [-0.3, -0.25) is 4.79 Å². The van der Waals surface area contributed by atoms with E-state index in [0.717, 1.165) is 0 Å². The molecular formula is C10H13N5O. The molecule has 2 aromatic heterocycles. The number of hydrogen-bond acceptors (Lipinski definition) is 4. The van der Waals surface area contributed by atoms with Crippen molar-refractivity contribution in [3.05, 3.63) is 34.5 Å². The van der Waals surface area contributed by atoms with Crippen LogP contribution in [0.5, 0.6) is 0 Å². The van der Waals surface area contributed by atoms with Crippen molar-refractivity contribution in [2.24, 2.45) is 0 Å². The molecular weight excluding hydrogens is 206 g/mol. The highest BCUT2D eigenvalue weighted by Gasteiger charge is 2.07. The van der Waals surface area contributed by atoms with E-state index in [-0.39, 0.29) is 11.5 Å². The zero-order valence-corrected chi connectivity index (χ0v) is 9.14. The van der Waals surface area contributed by atoms with Gasteiger partial charge in [-0.1, -0.05) is 13.8 Å². The lowest BCUT2D eigenvalue weighted by Gasteiger charge is -2.06. The van der Waals surface area contributed by atoms with Gasteiger partial charge in [0.05, 0.1) is 0 Å². The van der Waals surface area contributed by atoms with Gasteiger partial charge in [0.2, 0.25) is 0 Å². The third-order valence-corrected chi connectivity index (χ3v) is 2.14. The lowest BCUT2D eigenvalue weighted by molar-refractivity contribution is 0.739. The summed E-state index contributed by atoms with van der Waals surface area (Å²) in [6.45, 7) is 3.92. The SMILES string of the molecule is CC(C)c1nc(-n2ccc(N)n2)cc(=O)[nH]1. The number of anilines is 1. The maximum Gasteiger partial charge on any atom is 0.253 e. The van der Waals surface area contributed by atoms with E-state index in [0.29, 0.717) is 17.5 Å². The fraction of sp³-hybridized carbons (Fsp3) is 0.300. The Labute approximate surface area is 92.1 Å². The van der Waals surface area contributed by atoms with Crippen LogP contribution < -0.4 is 11.3 Å². The van der Waals surface area contributed by atoms with E-state index >= 15 is 0 Å². The molecule has 0 atom stereocenters. The first-order valence-electron chi connectivity index (χ1n) is 4.99. The Kier molecular flexibility index (Phi) is 2.47. The minimum Gasteiger partial charge on any atom is -0.382 e. The second kappa shape index (κ2) is 3.80. The van der Waals surface area contributed by atoms with Crippen molar-refractivity contribution >= 4 is 5.82 Å². The Morgan fingerprint density at radius 2 is 2.25 bits per heavy atom. The molecule has 0 spiro atoms. The highest BCUT2D eigenvalue weighted by Crippen LogP contribution is 2.09. The van der Waals surface area contributed by atoms with E-state index in [1.165, 1.54) is 10.7 Å². The number of aromatic nitrogens is 4. The number of rotatable bonds is 2. The van der Waals surface area contributed by atoms with Gasteiger partial charge in [-0.05, 0) is 0 Å². The average Bonchev–Trinajstić information content (AvgIpc) is 2.64. The van der Waals surface area contributed by atoms with Crippen molar-refractivity contribution in [2.75, 3.05) is 5.73 Å². The van der Waals surface area contributed by atoms with Crippen molar-refractivity contribution in [3.63, 3.8) is 0 Å². The van der Waals surface area contributed by atoms with E-state index in [1.54, 1.807) is 12.3 Å². The summed E-state index contributed by atoms with van der Waals surface area (Å²) >= 11 is 0. The largest absolute Gasteiger partial charge is 0.382 e. The van der Waals surface area contributed by atoms with Crippen molar-refractivity contribution < 1.29 is 0 Å². The van der Waals surface area contributed by atoms with E-state index in [9.17, 15) is 4.79 Å². The predicted molar refractivity (Wildman–Crippen MR) is 60.5 cm³/mol. The molecule has 0 amide bonds. The van der Waals surface area contributed by atoms with Crippen LogP contribution in [0, 0.1) is 0 Å². The summed E-state index contributed by atoms with van der Waals surface area (Å²) in [5.41, 5.74) is 5.31.